The Hall–Kier alpha value is -1.07. The van der Waals surface area contributed by atoms with Crippen molar-refractivity contribution in [1.82, 2.24) is 0 Å². The van der Waals surface area contributed by atoms with Crippen molar-refractivity contribution in [2.24, 2.45) is 11.7 Å². The Kier molecular flexibility index (Phi) is 4.24. The molecule has 24 heavy (non-hydrogen) atoms. The first-order valence-electron chi connectivity index (χ1n) is 8.37. The Balaban J connectivity index is 1.95. The number of rotatable bonds is 2. The molecule has 3 nitrogen and oxygen atoms in total. The standard InChI is InChI=1S/C19H25BClNO2/c1-13-14(15-9-6-7-11-16(15)21)10-8-12-19(13,22)20-23-17(2,3)18(4,5)24-20/h6-13H,22H2,1-5H3. The minimum Gasteiger partial charge on any atom is -0.402 e. The highest BCUT2D eigenvalue weighted by Gasteiger charge is 2.59. The van der Waals surface area contributed by atoms with Gasteiger partial charge < -0.3 is 15.0 Å². The van der Waals surface area contributed by atoms with E-state index in [1.807, 2.05) is 64.1 Å². The molecule has 0 saturated carbocycles. The van der Waals surface area contributed by atoms with E-state index in [1.54, 1.807) is 0 Å². The second-order valence-corrected chi connectivity index (χ2v) is 8.18. The van der Waals surface area contributed by atoms with Gasteiger partial charge in [-0.25, -0.2) is 0 Å². The maximum Gasteiger partial charge on any atom is 0.484 e. The van der Waals surface area contributed by atoms with Crippen molar-refractivity contribution in [3.8, 4) is 0 Å². The Morgan fingerprint density at radius 3 is 2.25 bits per heavy atom. The predicted octanol–water partition coefficient (Wildman–Crippen LogP) is 4.26. The Labute approximate surface area is 150 Å². The molecule has 0 amide bonds. The molecule has 1 aliphatic carbocycles. The summed E-state index contributed by atoms with van der Waals surface area (Å²) in [5.41, 5.74) is 7.32. The van der Waals surface area contributed by atoms with E-state index in [4.69, 9.17) is 26.6 Å². The second-order valence-electron chi connectivity index (χ2n) is 7.77. The zero-order chi connectivity index (χ0) is 17.8. The smallest absolute Gasteiger partial charge is 0.402 e. The third-order valence-electron chi connectivity index (χ3n) is 5.72. The Morgan fingerprint density at radius 1 is 1.08 bits per heavy atom. The van der Waals surface area contributed by atoms with Gasteiger partial charge in [-0.05, 0) is 44.9 Å². The van der Waals surface area contributed by atoms with Gasteiger partial charge in [0, 0.05) is 10.9 Å². The van der Waals surface area contributed by atoms with E-state index in [1.165, 1.54) is 0 Å². The fraction of sp³-hybridized carbons (Fsp3) is 0.474. The minimum absolute atomic E-state index is 0.00269. The van der Waals surface area contributed by atoms with Crippen molar-refractivity contribution in [2.45, 2.75) is 51.3 Å². The molecular weight excluding hydrogens is 320 g/mol. The normalized spacial score (nSPS) is 31.2. The molecule has 0 radical (unpaired) electrons. The van der Waals surface area contributed by atoms with Crippen LogP contribution < -0.4 is 5.73 Å². The topological polar surface area (TPSA) is 44.5 Å². The largest absolute Gasteiger partial charge is 0.484 e. The van der Waals surface area contributed by atoms with E-state index in [0.717, 1.165) is 16.2 Å². The maximum absolute atomic E-state index is 6.81. The van der Waals surface area contributed by atoms with Gasteiger partial charge in [-0.15, -0.1) is 0 Å². The van der Waals surface area contributed by atoms with Crippen LogP contribution in [0.2, 0.25) is 5.02 Å². The average molecular weight is 346 g/mol. The number of allylic oxidation sites excluding steroid dienone is 2. The lowest BCUT2D eigenvalue weighted by Crippen LogP contribution is -2.59. The highest BCUT2D eigenvalue weighted by Crippen LogP contribution is 2.45. The molecule has 1 aromatic rings. The molecule has 0 aromatic heterocycles. The minimum atomic E-state index is -0.756. The first-order valence-corrected chi connectivity index (χ1v) is 8.75. The van der Waals surface area contributed by atoms with Crippen LogP contribution in [0.4, 0.5) is 0 Å². The second kappa shape index (κ2) is 5.74. The summed E-state index contributed by atoms with van der Waals surface area (Å²) < 4.78 is 12.5. The molecule has 2 unspecified atom stereocenters. The first kappa shape index (κ1) is 17.7. The van der Waals surface area contributed by atoms with Crippen LogP contribution in [0.3, 0.4) is 0 Å². The lowest BCUT2D eigenvalue weighted by atomic mass is 9.55. The van der Waals surface area contributed by atoms with E-state index in [9.17, 15) is 0 Å². The molecule has 2 aliphatic rings. The summed E-state index contributed by atoms with van der Waals surface area (Å²) in [7, 11) is -0.514. The summed E-state index contributed by atoms with van der Waals surface area (Å²) in [5.74, 6) is -0.00269. The van der Waals surface area contributed by atoms with Crippen LogP contribution in [0.15, 0.2) is 42.5 Å². The van der Waals surface area contributed by atoms with Gasteiger partial charge in [0.15, 0.2) is 0 Å². The van der Waals surface area contributed by atoms with Crippen LogP contribution >= 0.6 is 11.6 Å². The number of hydrogen-bond donors (Lipinski definition) is 1. The van der Waals surface area contributed by atoms with Crippen LogP contribution in [0, 0.1) is 5.92 Å². The van der Waals surface area contributed by atoms with E-state index < -0.39 is 23.8 Å². The summed E-state index contributed by atoms with van der Waals surface area (Å²) in [6.07, 6.45) is 6.03. The molecule has 1 aliphatic heterocycles. The molecule has 1 saturated heterocycles. The van der Waals surface area contributed by atoms with Gasteiger partial charge in [-0.2, -0.15) is 0 Å². The monoisotopic (exact) mass is 345 g/mol. The summed E-state index contributed by atoms with van der Waals surface area (Å²) in [6.45, 7) is 10.3. The first-order chi connectivity index (χ1) is 11.1. The van der Waals surface area contributed by atoms with Crippen molar-refractivity contribution >= 4 is 24.3 Å². The highest BCUT2D eigenvalue weighted by molar-refractivity contribution is 6.51. The molecule has 2 atom stereocenters. The van der Waals surface area contributed by atoms with Crippen LogP contribution in [-0.4, -0.2) is 23.8 Å². The van der Waals surface area contributed by atoms with Crippen molar-refractivity contribution in [1.29, 1.82) is 0 Å². The third-order valence-corrected chi connectivity index (χ3v) is 6.05. The molecular formula is C19H25BClNO2. The maximum atomic E-state index is 6.81. The fourth-order valence-electron chi connectivity index (χ4n) is 3.22. The molecule has 2 N–H and O–H groups in total. The van der Waals surface area contributed by atoms with Gasteiger partial charge >= 0.3 is 7.12 Å². The number of nitrogens with two attached hydrogens (primary N) is 1. The van der Waals surface area contributed by atoms with E-state index in [0.29, 0.717) is 0 Å². The van der Waals surface area contributed by atoms with Gasteiger partial charge in [0.2, 0.25) is 0 Å². The highest BCUT2D eigenvalue weighted by atomic mass is 35.5. The summed E-state index contributed by atoms with van der Waals surface area (Å²) in [6, 6.07) is 7.84. The fourth-order valence-corrected chi connectivity index (χ4v) is 3.47. The molecule has 3 rings (SSSR count). The number of benzene rings is 1. The quantitative estimate of drug-likeness (QED) is 0.815. The van der Waals surface area contributed by atoms with Crippen LogP contribution in [0.25, 0.3) is 5.57 Å². The molecule has 128 valence electrons. The van der Waals surface area contributed by atoms with Gasteiger partial charge in [0.1, 0.15) is 0 Å². The molecule has 0 spiro atoms. The van der Waals surface area contributed by atoms with Crippen LogP contribution in [0.1, 0.15) is 40.2 Å². The van der Waals surface area contributed by atoms with Gasteiger partial charge in [-0.1, -0.05) is 55.0 Å². The van der Waals surface area contributed by atoms with Crippen molar-refractivity contribution < 1.29 is 9.31 Å². The van der Waals surface area contributed by atoms with Gasteiger partial charge in [-0.3, -0.25) is 0 Å². The summed E-state index contributed by atoms with van der Waals surface area (Å²) in [5, 5.41) is 0.724. The Morgan fingerprint density at radius 2 is 1.67 bits per heavy atom. The third kappa shape index (κ3) is 2.66. The lowest BCUT2D eigenvalue weighted by Gasteiger charge is -2.38. The van der Waals surface area contributed by atoms with Crippen LogP contribution in [-0.2, 0) is 9.31 Å². The molecule has 1 aromatic carbocycles. The molecule has 1 heterocycles. The zero-order valence-corrected chi connectivity index (χ0v) is 15.7. The molecule has 0 bridgehead atoms. The Bertz CT molecular complexity index is 697. The van der Waals surface area contributed by atoms with Crippen molar-refractivity contribution in [2.75, 3.05) is 0 Å². The van der Waals surface area contributed by atoms with E-state index in [-0.39, 0.29) is 5.92 Å². The van der Waals surface area contributed by atoms with Gasteiger partial charge in [0.05, 0.1) is 16.6 Å². The SMILES string of the molecule is CC1C(c2ccccc2Cl)=CC=CC1(N)B1OC(C)(C)C(C)(C)O1. The van der Waals surface area contributed by atoms with Gasteiger partial charge in [0.25, 0.3) is 0 Å². The van der Waals surface area contributed by atoms with E-state index >= 15 is 0 Å². The predicted molar refractivity (Wildman–Crippen MR) is 101 cm³/mol. The molecule has 1 fully saturated rings. The lowest BCUT2D eigenvalue weighted by molar-refractivity contribution is 0.00578. The number of halogens is 1. The average Bonchev–Trinajstić information content (AvgIpc) is 2.72. The van der Waals surface area contributed by atoms with E-state index in [2.05, 4.69) is 13.0 Å². The van der Waals surface area contributed by atoms with Crippen molar-refractivity contribution in [3.63, 3.8) is 0 Å². The summed E-state index contributed by atoms with van der Waals surface area (Å²) >= 11 is 6.40. The van der Waals surface area contributed by atoms with Crippen LogP contribution in [0.5, 0.6) is 0 Å². The molecule has 5 heteroatoms. The van der Waals surface area contributed by atoms with Crippen molar-refractivity contribution in [3.05, 3.63) is 53.1 Å². The zero-order valence-electron chi connectivity index (χ0n) is 15.0. The number of hydrogen-bond acceptors (Lipinski definition) is 3. The summed E-state index contributed by atoms with van der Waals surface area (Å²) in [4.78, 5) is 0.